The van der Waals surface area contributed by atoms with Gasteiger partial charge in [0.05, 0.1) is 16.7 Å². The first-order chi connectivity index (χ1) is 12.5. The molecule has 138 valence electrons. The molecule has 2 heterocycles. The van der Waals surface area contributed by atoms with E-state index < -0.39 is 0 Å². The van der Waals surface area contributed by atoms with E-state index in [-0.39, 0.29) is 17.9 Å². The zero-order valence-electron chi connectivity index (χ0n) is 14.7. The summed E-state index contributed by atoms with van der Waals surface area (Å²) in [4.78, 5) is 14.7. The molecule has 5 nitrogen and oxygen atoms in total. The first-order valence-corrected chi connectivity index (χ1v) is 9.91. The molecule has 1 aliphatic carbocycles. The number of hydrogen-bond acceptors (Lipinski definition) is 2. The minimum Gasteiger partial charge on any atom is -0.317 e. The number of aromatic nitrogens is 2. The van der Waals surface area contributed by atoms with E-state index in [1.54, 1.807) is 12.1 Å². The summed E-state index contributed by atoms with van der Waals surface area (Å²) in [6.45, 7) is 2.60. The molecular weight excluding hydrogens is 399 g/mol. The lowest BCUT2D eigenvalue weighted by Crippen LogP contribution is -2.45. The molecule has 2 aliphatic rings. The molecule has 1 aromatic carbocycles. The third-order valence-electron chi connectivity index (χ3n) is 5.52. The summed E-state index contributed by atoms with van der Waals surface area (Å²) >= 11 is 3.15. The average molecular weight is 421 g/mol. The number of benzene rings is 1. The largest absolute Gasteiger partial charge is 0.322 e. The van der Waals surface area contributed by atoms with Crippen LogP contribution in [0, 0.1) is 5.82 Å². The van der Waals surface area contributed by atoms with Crippen LogP contribution >= 0.6 is 15.9 Å². The molecule has 1 aromatic heterocycles. The molecule has 0 bridgehead atoms. The Hall–Kier alpha value is -1.89. The number of rotatable bonds is 2. The van der Waals surface area contributed by atoms with Crippen LogP contribution in [0.3, 0.4) is 0 Å². The van der Waals surface area contributed by atoms with Gasteiger partial charge in [-0.3, -0.25) is 5.10 Å². The maximum Gasteiger partial charge on any atom is 0.322 e. The van der Waals surface area contributed by atoms with Crippen molar-refractivity contribution in [3.63, 3.8) is 0 Å². The molecule has 1 aliphatic heterocycles. The van der Waals surface area contributed by atoms with Crippen molar-refractivity contribution in [3.8, 4) is 0 Å². The van der Waals surface area contributed by atoms with Gasteiger partial charge in [0.1, 0.15) is 5.82 Å². The Kier molecular flexibility index (Phi) is 4.73. The van der Waals surface area contributed by atoms with Crippen molar-refractivity contribution in [1.82, 2.24) is 15.1 Å². The summed E-state index contributed by atoms with van der Waals surface area (Å²) in [6.07, 6.45) is 5.65. The normalized spacial score (nSPS) is 20.3. The van der Waals surface area contributed by atoms with Crippen LogP contribution in [0.1, 0.15) is 55.5 Å². The maximum atomic E-state index is 13.4. The number of nitrogens with zero attached hydrogens (tertiary/aromatic N) is 2. The Morgan fingerprint density at radius 1 is 1.38 bits per heavy atom. The van der Waals surface area contributed by atoms with Gasteiger partial charge in [-0.05, 0) is 53.9 Å². The molecular formula is C19H22BrFN4O. The smallest absolute Gasteiger partial charge is 0.317 e. The van der Waals surface area contributed by atoms with Crippen molar-refractivity contribution in [1.29, 1.82) is 0 Å². The monoisotopic (exact) mass is 420 g/mol. The zero-order chi connectivity index (χ0) is 18.3. The van der Waals surface area contributed by atoms with Crippen molar-refractivity contribution in [2.24, 2.45) is 0 Å². The van der Waals surface area contributed by atoms with E-state index in [9.17, 15) is 9.18 Å². The Morgan fingerprint density at radius 2 is 2.15 bits per heavy atom. The van der Waals surface area contributed by atoms with Crippen LogP contribution in [0.2, 0.25) is 0 Å². The van der Waals surface area contributed by atoms with Gasteiger partial charge >= 0.3 is 6.03 Å². The predicted octanol–water partition coefficient (Wildman–Crippen LogP) is 4.95. The molecule has 2 N–H and O–H groups in total. The lowest BCUT2D eigenvalue weighted by molar-refractivity contribution is 0.181. The quantitative estimate of drug-likeness (QED) is 0.721. The van der Waals surface area contributed by atoms with Gasteiger partial charge in [-0.25, -0.2) is 9.18 Å². The summed E-state index contributed by atoms with van der Waals surface area (Å²) < 4.78 is 13.7. The number of aromatic amines is 1. The van der Waals surface area contributed by atoms with Gasteiger partial charge in [-0.1, -0.05) is 12.8 Å². The molecule has 1 atom stereocenters. The molecule has 4 rings (SSSR count). The summed E-state index contributed by atoms with van der Waals surface area (Å²) in [5.74, 6) is 0.167. The lowest BCUT2D eigenvalue weighted by atomic mass is 9.94. The fraction of sp³-hybridized carbons (Fsp3) is 0.474. The van der Waals surface area contributed by atoms with Crippen molar-refractivity contribution in [3.05, 3.63) is 45.4 Å². The molecule has 1 unspecified atom stereocenters. The van der Waals surface area contributed by atoms with Crippen LogP contribution in [0.25, 0.3) is 0 Å². The van der Waals surface area contributed by atoms with E-state index in [0.29, 0.717) is 22.6 Å². The molecule has 0 radical (unpaired) electrons. The number of anilines is 1. The van der Waals surface area contributed by atoms with E-state index in [2.05, 4.69) is 31.4 Å². The number of urea groups is 1. The van der Waals surface area contributed by atoms with Crippen LogP contribution in [-0.4, -0.2) is 27.2 Å². The number of hydrogen-bond donors (Lipinski definition) is 2. The highest BCUT2D eigenvalue weighted by molar-refractivity contribution is 9.10. The van der Waals surface area contributed by atoms with E-state index in [4.69, 9.17) is 0 Å². The number of amides is 2. The number of carbonyl (C=O) groups is 1. The molecule has 1 saturated carbocycles. The van der Waals surface area contributed by atoms with Gasteiger partial charge in [-0.2, -0.15) is 5.10 Å². The van der Waals surface area contributed by atoms with Crippen molar-refractivity contribution < 1.29 is 9.18 Å². The van der Waals surface area contributed by atoms with E-state index >= 15 is 0 Å². The molecule has 2 amide bonds. The van der Waals surface area contributed by atoms with Crippen LogP contribution < -0.4 is 5.32 Å². The molecule has 1 fully saturated rings. The third-order valence-corrected chi connectivity index (χ3v) is 6.13. The second-order valence-corrected chi connectivity index (χ2v) is 8.14. The molecule has 7 heteroatoms. The second-order valence-electron chi connectivity index (χ2n) is 7.29. The zero-order valence-corrected chi connectivity index (χ0v) is 16.3. The van der Waals surface area contributed by atoms with Crippen LogP contribution in [0.15, 0.2) is 22.7 Å². The summed E-state index contributed by atoms with van der Waals surface area (Å²) in [5.41, 5.74) is 4.06. The number of carbonyl (C=O) groups excluding carboxylic acids is 1. The van der Waals surface area contributed by atoms with Crippen LogP contribution in [0.4, 0.5) is 14.9 Å². The lowest BCUT2D eigenvalue weighted by Gasteiger charge is -2.33. The van der Waals surface area contributed by atoms with Crippen molar-refractivity contribution in [2.45, 2.75) is 57.5 Å². The molecule has 2 aromatic rings. The van der Waals surface area contributed by atoms with E-state index in [0.717, 1.165) is 17.8 Å². The minimum atomic E-state index is -0.349. The van der Waals surface area contributed by atoms with Gasteiger partial charge in [0.25, 0.3) is 0 Å². The maximum absolute atomic E-state index is 13.4. The fourth-order valence-corrected chi connectivity index (χ4v) is 4.45. The van der Waals surface area contributed by atoms with E-state index in [1.807, 2.05) is 11.8 Å². The molecule has 26 heavy (non-hydrogen) atoms. The van der Waals surface area contributed by atoms with Crippen LogP contribution in [-0.2, 0) is 13.0 Å². The summed E-state index contributed by atoms with van der Waals surface area (Å²) in [7, 11) is 0. The average Bonchev–Trinajstić information content (AvgIpc) is 3.26. The minimum absolute atomic E-state index is 0.0725. The third kappa shape index (κ3) is 3.24. The Balaban J connectivity index is 1.53. The molecule has 0 spiro atoms. The van der Waals surface area contributed by atoms with Gasteiger partial charge < -0.3 is 10.2 Å². The SMILES string of the molecule is CC1Cc2[nH]nc(C3CCCC3)c2CN1C(=O)Nc1ccc(F)c(Br)c1. The second kappa shape index (κ2) is 7.02. The van der Waals surface area contributed by atoms with Crippen LogP contribution in [0.5, 0.6) is 0 Å². The van der Waals surface area contributed by atoms with Gasteiger partial charge in [0.2, 0.25) is 0 Å². The molecule has 0 saturated heterocycles. The van der Waals surface area contributed by atoms with Gasteiger partial charge in [0.15, 0.2) is 0 Å². The Morgan fingerprint density at radius 3 is 2.88 bits per heavy atom. The van der Waals surface area contributed by atoms with Crippen molar-refractivity contribution in [2.75, 3.05) is 5.32 Å². The first kappa shape index (κ1) is 17.5. The highest BCUT2D eigenvalue weighted by atomic mass is 79.9. The Labute approximate surface area is 160 Å². The number of fused-ring (bicyclic) bond motifs is 1. The first-order valence-electron chi connectivity index (χ1n) is 9.11. The summed E-state index contributed by atoms with van der Waals surface area (Å²) in [5, 5.41) is 10.7. The fourth-order valence-electron chi connectivity index (χ4n) is 4.07. The number of halogens is 2. The van der Waals surface area contributed by atoms with Gasteiger partial charge in [-0.15, -0.1) is 0 Å². The predicted molar refractivity (Wildman–Crippen MR) is 102 cm³/mol. The number of nitrogens with one attached hydrogen (secondary N) is 2. The standard InChI is InChI=1S/C19H22BrFN4O/c1-11-8-17-14(18(24-23-17)12-4-2-3-5-12)10-25(11)19(26)22-13-6-7-16(21)15(20)9-13/h6-7,9,11-12H,2-5,8,10H2,1H3,(H,22,26)(H,23,24). The summed E-state index contributed by atoms with van der Waals surface area (Å²) in [6, 6.07) is 4.39. The highest BCUT2D eigenvalue weighted by Crippen LogP contribution is 2.37. The van der Waals surface area contributed by atoms with E-state index in [1.165, 1.54) is 37.3 Å². The Bertz CT molecular complexity index is 831. The van der Waals surface area contributed by atoms with Crippen molar-refractivity contribution >= 4 is 27.6 Å². The number of H-pyrrole nitrogens is 1. The topological polar surface area (TPSA) is 61.0 Å². The van der Waals surface area contributed by atoms with Gasteiger partial charge in [0, 0.05) is 35.3 Å². The highest BCUT2D eigenvalue weighted by Gasteiger charge is 2.33.